The minimum absolute atomic E-state index is 0.192. The second-order valence-electron chi connectivity index (χ2n) is 3.77. The van der Waals surface area contributed by atoms with Crippen molar-refractivity contribution >= 4 is 15.3 Å². The lowest BCUT2D eigenvalue weighted by Crippen LogP contribution is -2.10. The average Bonchev–Trinajstić information content (AvgIpc) is 2.14. The summed E-state index contributed by atoms with van der Waals surface area (Å²) >= 11 is 0. The maximum Gasteiger partial charge on any atom is 0.433 e. The molecule has 16 heavy (non-hydrogen) atoms. The van der Waals surface area contributed by atoms with Crippen LogP contribution in [-0.4, -0.2) is 17.1 Å². The molecule has 0 radical (unpaired) electrons. The maximum absolute atomic E-state index is 12.2. The SMILES string of the molecule is C=S(C)(=N)C(C)c1ccc(C(F)(F)F)nc1. The highest BCUT2D eigenvalue weighted by molar-refractivity contribution is 8.00. The lowest BCUT2D eigenvalue weighted by Gasteiger charge is -2.16. The van der Waals surface area contributed by atoms with Crippen LogP contribution in [0.3, 0.4) is 0 Å². The van der Waals surface area contributed by atoms with Crippen molar-refractivity contribution in [3.05, 3.63) is 29.6 Å². The van der Waals surface area contributed by atoms with E-state index in [1.54, 1.807) is 13.2 Å². The van der Waals surface area contributed by atoms with Gasteiger partial charge in [0.25, 0.3) is 0 Å². The summed E-state index contributed by atoms with van der Waals surface area (Å²) in [6.07, 6.45) is -1.54. The van der Waals surface area contributed by atoms with Crippen LogP contribution in [0.15, 0.2) is 18.3 Å². The smallest absolute Gasteiger partial charge is 0.286 e. The van der Waals surface area contributed by atoms with Gasteiger partial charge in [-0.2, -0.15) is 13.2 Å². The summed E-state index contributed by atoms with van der Waals surface area (Å²) in [5, 5.41) is -0.192. The summed E-state index contributed by atoms with van der Waals surface area (Å²) in [4.78, 5) is 3.36. The first-order valence-corrected chi connectivity index (χ1v) is 6.77. The van der Waals surface area contributed by atoms with E-state index in [0.29, 0.717) is 5.56 Å². The third kappa shape index (κ3) is 2.98. The molecule has 1 heterocycles. The number of alkyl halides is 3. The molecule has 0 aromatic carbocycles. The van der Waals surface area contributed by atoms with Crippen LogP contribution < -0.4 is 0 Å². The number of hydrogen-bond acceptors (Lipinski definition) is 2. The van der Waals surface area contributed by atoms with Gasteiger partial charge in [0.1, 0.15) is 5.69 Å². The van der Waals surface area contributed by atoms with Gasteiger partial charge in [-0.25, -0.2) is 0 Å². The normalized spacial score (nSPS) is 17.8. The third-order valence-corrected chi connectivity index (χ3v) is 4.16. The Hall–Kier alpha value is -1.04. The van der Waals surface area contributed by atoms with Crippen molar-refractivity contribution in [2.75, 3.05) is 6.26 Å². The molecule has 0 fully saturated rings. The molecule has 0 aliphatic rings. The van der Waals surface area contributed by atoms with Crippen LogP contribution in [0, 0.1) is 4.78 Å². The fourth-order valence-corrected chi connectivity index (χ4v) is 1.85. The van der Waals surface area contributed by atoms with E-state index in [4.69, 9.17) is 4.78 Å². The molecule has 2 atom stereocenters. The van der Waals surface area contributed by atoms with Crippen molar-refractivity contribution in [2.45, 2.75) is 18.3 Å². The van der Waals surface area contributed by atoms with Crippen LogP contribution in [0.4, 0.5) is 13.2 Å². The molecule has 0 bridgehead atoms. The van der Waals surface area contributed by atoms with Crippen molar-refractivity contribution in [3.63, 3.8) is 0 Å². The van der Waals surface area contributed by atoms with Crippen molar-refractivity contribution in [1.82, 2.24) is 4.98 Å². The number of nitrogens with one attached hydrogen (secondary N) is 1. The first-order valence-electron chi connectivity index (χ1n) is 4.50. The van der Waals surface area contributed by atoms with Crippen molar-refractivity contribution in [1.29, 1.82) is 4.78 Å². The van der Waals surface area contributed by atoms with Crippen molar-refractivity contribution < 1.29 is 13.2 Å². The molecular weight excluding hydrogens is 237 g/mol. The van der Waals surface area contributed by atoms with E-state index >= 15 is 0 Å². The molecule has 6 heteroatoms. The lowest BCUT2D eigenvalue weighted by atomic mass is 10.2. The van der Waals surface area contributed by atoms with Gasteiger partial charge in [0, 0.05) is 11.4 Å². The monoisotopic (exact) mass is 250 g/mol. The molecule has 1 rings (SSSR count). The van der Waals surface area contributed by atoms with E-state index in [-0.39, 0.29) is 5.25 Å². The van der Waals surface area contributed by atoms with Crippen LogP contribution in [0.25, 0.3) is 0 Å². The second-order valence-corrected chi connectivity index (χ2v) is 6.80. The molecule has 0 saturated carbocycles. The largest absolute Gasteiger partial charge is 0.433 e. The lowest BCUT2D eigenvalue weighted by molar-refractivity contribution is -0.141. The topological polar surface area (TPSA) is 36.7 Å². The fraction of sp³-hybridized carbons (Fsp3) is 0.400. The molecule has 1 aromatic heterocycles. The average molecular weight is 250 g/mol. The van der Waals surface area contributed by atoms with E-state index in [1.807, 2.05) is 0 Å². The molecular formula is C10H13F3N2S. The van der Waals surface area contributed by atoms with Gasteiger partial charge in [-0.1, -0.05) is 11.9 Å². The highest BCUT2D eigenvalue weighted by atomic mass is 32.2. The molecule has 1 aromatic rings. The van der Waals surface area contributed by atoms with E-state index in [9.17, 15) is 13.2 Å². The van der Waals surface area contributed by atoms with E-state index < -0.39 is 21.3 Å². The van der Waals surface area contributed by atoms with E-state index in [2.05, 4.69) is 10.9 Å². The van der Waals surface area contributed by atoms with Crippen molar-refractivity contribution in [2.24, 2.45) is 0 Å². The van der Waals surface area contributed by atoms with Crippen LogP contribution in [-0.2, 0) is 15.6 Å². The Morgan fingerprint density at radius 2 is 2.00 bits per heavy atom. The Balaban J connectivity index is 3.05. The summed E-state index contributed by atoms with van der Waals surface area (Å²) < 4.78 is 44.5. The van der Waals surface area contributed by atoms with Crippen LogP contribution >= 0.6 is 0 Å². The zero-order chi connectivity index (χ0) is 12.6. The molecule has 0 spiro atoms. The van der Waals surface area contributed by atoms with Gasteiger partial charge in [-0.05, 0) is 24.8 Å². The quantitative estimate of drug-likeness (QED) is 0.804. The molecule has 2 unspecified atom stereocenters. The Morgan fingerprint density at radius 3 is 2.31 bits per heavy atom. The standard InChI is InChI=1S/C10H13F3N2S/c1-7(16(2,3)14)8-4-5-9(15-6-8)10(11,12)13/h4-7,14H,2H2,1,3H3. The fourth-order valence-electron chi connectivity index (χ4n) is 1.11. The summed E-state index contributed by atoms with van der Waals surface area (Å²) in [6, 6.07) is 2.31. The minimum Gasteiger partial charge on any atom is -0.286 e. The van der Waals surface area contributed by atoms with Crippen molar-refractivity contribution in [3.8, 4) is 0 Å². The molecule has 0 saturated heterocycles. The summed E-state index contributed by atoms with van der Waals surface area (Å²) in [6.45, 7) is 1.78. The number of hydrogen-bond donors (Lipinski definition) is 1. The molecule has 0 aliphatic carbocycles. The Bertz CT molecular complexity index is 460. The molecule has 2 nitrogen and oxygen atoms in total. The Kier molecular flexibility index (Phi) is 3.33. The summed E-state index contributed by atoms with van der Waals surface area (Å²) in [7, 11) is -1.83. The van der Waals surface area contributed by atoms with E-state index in [0.717, 1.165) is 6.07 Å². The number of aromatic nitrogens is 1. The zero-order valence-corrected chi connectivity index (χ0v) is 9.82. The minimum atomic E-state index is -4.41. The van der Waals surface area contributed by atoms with Gasteiger partial charge < -0.3 is 0 Å². The number of halogens is 3. The van der Waals surface area contributed by atoms with Crippen LogP contribution in [0.1, 0.15) is 23.4 Å². The zero-order valence-electron chi connectivity index (χ0n) is 9.01. The van der Waals surface area contributed by atoms with Crippen LogP contribution in [0.2, 0.25) is 0 Å². The van der Waals surface area contributed by atoms with Gasteiger partial charge >= 0.3 is 6.18 Å². The highest BCUT2D eigenvalue weighted by Crippen LogP contribution is 2.29. The summed E-state index contributed by atoms with van der Waals surface area (Å²) in [5.74, 6) is 3.72. The molecule has 90 valence electrons. The second kappa shape index (κ2) is 4.08. The highest BCUT2D eigenvalue weighted by Gasteiger charge is 2.32. The predicted octanol–water partition coefficient (Wildman–Crippen LogP) is 3.14. The third-order valence-electron chi connectivity index (χ3n) is 2.33. The molecule has 0 amide bonds. The predicted molar refractivity (Wildman–Crippen MR) is 60.8 cm³/mol. The Morgan fingerprint density at radius 1 is 1.44 bits per heavy atom. The first-order chi connectivity index (χ1) is 7.12. The van der Waals surface area contributed by atoms with Gasteiger partial charge in [0.05, 0.1) is 0 Å². The number of nitrogens with zero attached hydrogens (tertiary/aromatic N) is 1. The number of pyridine rings is 1. The van der Waals surface area contributed by atoms with Gasteiger partial charge in [-0.15, -0.1) is 9.41 Å². The molecule has 0 aliphatic heterocycles. The van der Waals surface area contributed by atoms with E-state index in [1.165, 1.54) is 12.3 Å². The van der Waals surface area contributed by atoms with Gasteiger partial charge in [-0.3, -0.25) is 9.76 Å². The molecule has 1 N–H and O–H groups in total. The first kappa shape index (κ1) is 13.0. The van der Waals surface area contributed by atoms with Gasteiger partial charge in [0.2, 0.25) is 0 Å². The maximum atomic E-state index is 12.2. The summed E-state index contributed by atoms with van der Waals surface area (Å²) in [5.41, 5.74) is -0.287. The van der Waals surface area contributed by atoms with Crippen LogP contribution in [0.5, 0.6) is 0 Å². The number of rotatable bonds is 2. The van der Waals surface area contributed by atoms with Gasteiger partial charge in [0.15, 0.2) is 0 Å². The Labute approximate surface area is 93.0 Å².